The van der Waals surface area contributed by atoms with Crippen LogP contribution in [-0.4, -0.2) is 18.5 Å². The zero-order chi connectivity index (χ0) is 15.5. The van der Waals surface area contributed by atoms with Crippen molar-refractivity contribution in [2.24, 2.45) is 0 Å². The van der Waals surface area contributed by atoms with E-state index in [1.54, 1.807) is 36.4 Å². The minimum absolute atomic E-state index is 0.0533. The van der Waals surface area contributed by atoms with Gasteiger partial charge in [0.15, 0.2) is 0 Å². The Hall–Kier alpha value is -2.33. The smallest absolute Gasteiger partial charge is 0.328 e. The van der Waals surface area contributed by atoms with Crippen molar-refractivity contribution < 1.29 is 9.59 Å². The Morgan fingerprint density at radius 2 is 1.68 bits per heavy atom. The van der Waals surface area contributed by atoms with Crippen LogP contribution in [0.5, 0.6) is 0 Å². The van der Waals surface area contributed by atoms with Crippen LogP contribution in [0.4, 0.5) is 10.5 Å². The Kier molecular flexibility index (Phi) is 4.11. The van der Waals surface area contributed by atoms with E-state index in [9.17, 15) is 9.59 Å². The molecule has 1 aliphatic heterocycles. The van der Waals surface area contributed by atoms with Gasteiger partial charge in [-0.2, -0.15) is 0 Å². The van der Waals surface area contributed by atoms with Crippen LogP contribution >= 0.6 is 11.6 Å². The van der Waals surface area contributed by atoms with E-state index in [-0.39, 0.29) is 24.3 Å². The first kappa shape index (κ1) is 14.6. The number of anilines is 1. The van der Waals surface area contributed by atoms with Gasteiger partial charge < -0.3 is 5.32 Å². The summed E-state index contributed by atoms with van der Waals surface area (Å²) in [5.41, 5.74) is 1.58. The third kappa shape index (κ3) is 2.97. The predicted molar refractivity (Wildman–Crippen MR) is 86.1 cm³/mol. The molecule has 3 amide bonds. The first-order valence-corrected chi connectivity index (χ1v) is 7.44. The number of carbonyl (C=O) groups excluding carboxylic acids is 2. The summed E-state index contributed by atoms with van der Waals surface area (Å²) < 4.78 is 0. The molecule has 3 rings (SSSR count). The molecule has 0 aromatic heterocycles. The molecule has 0 saturated carbocycles. The third-order valence-electron chi connectivity index (χ3n) is 3.73. The molecule has 5 heteroatoms. The lowest BCUT2D eigenvalue weighted by Gasteiger charge is -2.18. The fourth-order valence-electron chi connectivity index (χ4n) is 2.59. The van der Waals surface area contributed by atoms with Gasteiger partial charge in [-0.3, -0.25) is 4.79 Å². The van der Waals surface area contributed by atoms with Gasteiger partial charge in [0.1, 0.15) is 0 Å². The maximum absolute atomic E-state index is 12.5. The summed E-state index contributed by atoms with van der Waals surface area (Å²) in [6, 6.07) is 15.9. The van der Waals surface area contributed by atoms with E-state index in [4.69, 9.17) is 11.6 Å². The number of rotatable bonds is 2. The zero-order valence-corrected chi connectivity index (χ0v) is 12.6. The van der Waals surface area contributed by atoms with Crippen molar-refractivity contribution in [3.8, 4) is 0 Å². The second-order valence-corrected chi connectivity index (χ2v) is 5.64. The number of imide groups is 1. The lowest BCUT2D eigenvalue weighted by molar-refractivity contribution is -0.118. The summed E-state index contributed by atoms with van der Waals surface area (Å²) >= 11 is 5.89. The van der Waals surface area contributed by atoms with Crippen LogP contribution in [0.25, 0.3) is 0 Å². The summed E-state index contributed by atoms with van der Waals surface area (Å²) in [4.78, 5) is 25.9. The Morgan fingerprint density at radius 1 is 1.00 bits per heavy atom. The van der Waals surface area contributed by atoms with Crippen LogP contribution in [0.15, 0.2) is 54.6 Å². The normalized spacial score (nSPS) is 18.8. The van der Waals surface area contributed by atoms with E-state index >= 15 is 0 Å². The van der Waals surface area contributed by atoms with Crippen molar-refractivity contribution in [2.75, 3.05) is 11.4 Å². The van der Waals surface area contributed by atoms with Crippen molar-refractivity contribution in [2.45, 2.75) is 12.3 Å². The SMILES string of the molecule is O=C1CC(c2ccc(Cl)cc2)CNC(=O)N1c1ccccc1. The molecule has 1 saturated heterocycles. The van der Waals surface area contributed by atoms with E-state index in [0.717, 1.165) is 5.56 Å². The average Bonchev–Trinajstić information content (AvgIpc) is 2.67. The molecule has 0 radical (unpaired) electrons. The highest BCUT2D eigenvalue weighted by molar-refractivity contribution is 6.30. The van der Waals surface area contributed by atoms with Gasteiger partial charge in [0.2, 0.25) is 5.91 Å². The van der Waals surface area contributed by atoms with Crippen LogP contribution in [-0.2, 0) is 4.79 Å². The van der Waals surface area contributed by atoms with Crippen molar-refractivity contribution in [1.82, 2.24) is 5.32 Å². The van der Waals surface area contributed by atoms with Gasteiger partial charge in [0.05, 0.1) is 5.69 Å². The highest BCUT2D eigenvalue weighted by Crippen LogP contribution is 2.26. The van der Waals surface area contributed by atoms with Crippen LogP contribution < -0.4 is 10.2 Å². The van der Waals surface area contributed by atoms with Crippen LogP contribution in [0, 0.1) is 0 Å². The quantitative estimate of drug-likeness (QED) is 0.921. The van der Waals surface area contributed by atoms with Crippen molar-refractivity contribution in [3.63, 3.8) is 0 Å². The van der Waals surface area contributed by atoms with E-state index in [1.807, 2.05) is 18.2 Å². The third-order valence-corrected chi connectivity index (χ3v) is 3.98. The maximum Gasteiger partial charge on any atom is 0.328 e. The molecule has 0 bridgehead atoms. The molecule has 1 heterocycles. The molecule has 4 nitrogen and oxygen atoms in total. The highest BCUT2D eigenvalue weighted by Gasteiger charge is 2.30. The minimum atomic E-state index is -0.382. The molecule has 1 fully saturated rings. The van der Waals surface area contributed by atoms with Gasteiger partial charge in [0, 0.05) is 23.9 Å². The molecule has 2 aromatic rings. The number of para-hydroxylation sites is 1. The average molecular weight is 315 g/mol. The molecule has 1 N–H and O–H groups in total. The Balaban J connectivity index is 1.86. The number of benzene rings is 2. The predicted octanol–water partition coefficient (Wildman–Crippen LogP) is 3.57. The topological polar surface area (TPSA) is 49.4 Å². The fourth-order valence-corrected chi connectivity index (χ4v) is 2.71. The summed E-state index contributed by atoms with van der Waals surface area (Å²) in [6.45, 7) is 0.426. The lowest BCUT2D eigenvalue weighted by atomic mass is 9.95. The second kappa shape index (κ2) is 6.20. The van der Waals surface area contributed by atoms with Gasteiger partial charge >= 0.3 is 6.03 Å². The van der Waals surface area contributed by atoms with Gasteiger partial charge in [-0.1, -0.05) is 41.9 Å². The lowest BCUT2D eigenvalue weighted by Crippen LogP contribution is -2.41. The minimum Gasteiger partial charge on any atom is -0.337 e. The molecule has 1 atom stereocenters. The highest BCUT2D eigenvalue weighted by atomic mass is 35.5. The van der Waals surface area contributed by atoms with E-state index in [2.05, 4.69) is 5.32 Å². The Morgan fingerprint density at radius 3 is 2.36 bits per heavy atom. The first-order valence-electron chi connectivity index (χ1n) is 7.06. The van der Waals surface area contributed by atoms with Gasteiger partial charge in [0.25, 0.3) is 0 Å². The summed E-state index contributed by atoms with van der Waals surface area (Å²) in [5, 5.41) is 3.47. The van der Waals surface area contributed by atoms with E-state index in [0.29, 0.717) is 17.3 Å². The van der Waals surface area contributed by atoms with Crippen LogP contribution in [0.2, 0.25) is 5.02 Å². The summed E-state index contributed by atoms with van der Waals surface area (Å²) in [7, 11) is 0. The summed E-state index contributed by atoms with van der Waals surface area (Å²) in [5.74, 6) is -0.261. The van der Waals surface area contributed by atoms with E-state index < -0.39 is 0 Å². The molecule has 2 aromatic carbocycles. The number of amides is 3. The first-order chi connectivity index (χ1) is 10.6. The molecule has 22 heavy (non-hydrogen) atoms. The van der Waals surface area contributed by atoms with Gasteiger partial charge in [-0.25, -0.2) is 9.69 Å². The molecule has 0 aliphatic carbocycles. The number of nitrogens with zero attached hydrogens (tertiary/aromatic N) is 1. The van der Waals surface area contributed by atoms with E-state index in [1.165, 1.54) is 4.90 Å². The van der Waals surface area contributed by atoms with Crippen LogP contribution in [0.1, 0.15) is 17.9 Å². The standard InChI is InChI=1S/C17H15ClN2O2/c18-14-8-6-12(7-9-14)13-10-16(21)20(17(22)19-11-13)15-4-2-1-3-5-15/h1-9,13H,10-11H2,(H,19,22). The van der Waals surface area contributed by atoms with Crippen molar-refractivity contribution in [1.29, 1.82) is 0 Å². The Labute approximate surface area is 133 Å². The molecule has 1 unspecified atom stereocenters. The molecular formula is C17H15ClN2O2. The van der Waals surface area contributed by atoms with Crippen molar-refractivity contribution in [3.05, 3.63) is 65.2 Å². The number of urea groups is 1. The fraction of sp³-hybridized carbons (Fsp3) is 0.176. The molecule has 112 valence electrons. The number of nitrogens with one attached hydrogen (secondary N) is 1. The molecular weight excluding hydrogens is 300 g/mol. The number of carbonyl (C=O) groups is 2. The Bertz CT molecular complexity index is 686. The van der Waals surface area contributed by atoms with Crippen molar-refractivity contribution >= 4 is 29.2 Å². The molecule has 0 spiro atoms. The second-order valence-electron chi connectivity index (χ2n) is 5.20. The number of hydrogen-bond donors (Lipinski definition) is 1. The largest absolute Gasteiger partial charge is 0.337 e. The maximum atomic E-state index is 12.5. The zero-order valence-electron chi connectivity index (χ0n) is 11.8. The summed E-state index contributed by atoms with van der Waals surface area (Å²) in [6.07, 6.45) is 0.273. The number of hydrogen-bond acceptors (Lipinski definition) is 2. The number of halogens is 1. The van der Waals surface area contributed by atoms with Gasteiger partial charge in [-0.05, 0) is 29.8 Å². The molecule has 1 aliphatic rings. The van der Waals surface area contributed by atoms with Gasteiger partial charge in [-0.15, -0.1) is 0 Å². The van der Waals surface area contributed by atoms with Crippen LogP contribution in [0.3, 0.4) is 0 Å². The monoisotopic (exact) mass is 314 g/mol.